The number of halogens is 2. The van der Waals surface area contributed by atoms with Gasteiger partial charge in [0.1, 0.15) is 12.2 Å². The summed E-state index contributed by atoms with van der Waals surface area (Å²) in [7, 11) is 0. The van der Waals surface area contributed by atoms with Crippen molar-refractivity contribution in [2.45, 2.75) is 37.9 Å². The molecule has 6 unspecified atom stereocenters. The van der Waals surface area contributed by atoms with Crippen LogP contribution in [0.25, 0.3) is 0 Å². The molecule has 3 saturated carbocycles. The van der Waals surface area contributed by atoms with Gasteiger partial charge in [-0.1, -0.05) is 6.42 Å². The Balaban J connectivity index is 1.56. The first kappa shape index (κ1) is 12.8. The smallest absolute Gasteiger partial charge is 0.175 e. The highest BCUT2D eigenvalue weighted by molar-refractivity contribution is 14.1. The van der Waals surface area contributed by atoms with Crippen molar-refractivity contribution >= 4 is 45.2 Å². The zero-order chi connectivity index (χ0) is 13.4. The summed E-state index contributed by atoms with van der Waals surface area (Å²) in [5, 5.41) is 0. The Morgan fingerprint density at radius 1 is 0.900 bits per heavy atom. The maximum absolute atomic E-state index is 6.45. The van der Waals surface area contributed by atoms with E-state index in [9.17, 15) is 0 Å². The molecule has 4 heteroatoms. The molecular weight excluding hydrogens is 478 g/mol. The van der Waals surface area contributed by atoms with Crippen LogP contribution in [-0.4, -0.2) is 12.2 Å². The van der Waals surface area contributed by atoms with Gasteiger partial charge in [-0.3, -0.25) is 0 Å². The van der Waals surface area contributed by atoms with Gasteiger partial charge in [0.2, 0.25) is 0 Å². The maximum Gasteiger partial charge on any atom is 0.175 e. The summed E-state index contributed by atoms with van der Waals surface area (Å²) in [6, 6.07) is 4.31. The second-order valence-electron chi connectivity index (χ2n) is 6.70. The van der Waals surface area contributed by atoms with E-state index in [4.69, 9.17) is 9.47 Å². The molecule has 2 nitrogen and oxygen atoms in total. The summed E-state index contributed by atoms with van der Waals surface area (Å²) < 4.78 is 15.3. The average Bonchev–Trinajstić information content (AvgIpc) is 3.07. The first-order valence-corrected chi connectivity index (χ1v) is 9.70. The van der Waals surface area contributed by atoms with Crippen LogP contribution in [0, 0.1) is 30.8 Å². The lowest BCUT2D eigenvalue weighted by molar-refractivity contribution is -0.0459. The van der Waals surface area contributed by atoms with Crippen molar-refractivity contribution < 1.29 is 9.47 Å². The van der Waals surface area contributed by atoms with E-state index in [1.165, 1.54) is 32.8 Å². The topological polar surface area (TPSA) is 18.5 Å². The zero-order valence-corrected chi connectivity index (χ0v) is 15.3. The van der Waals surface area contributed by atoms with Crippen LogP contribution in [0.1, 0.15) is 25.7 Å². The van der Waals surface area contributed by atoms with Gasteiger partial charge in [-0.2, -0.15) is 0 Å². The number of hydrogen-bond donors (Lipinski definition) is 0. The Bertz CT molecular complexity index is 588. The van der Waals surface area contributed by atoms with Crippen molar-refractivity contribution in [3.8, 4) is 11.5 Å². The number of fused-ring (bicyclic) bond motifs is 9. The number of benzene rings is 1. The molecule has 0 amide bonds. The SMILES string of the molecule is Ic1cc(I)c2c(c1)OC1C3CC(C4CCCC43)C1O2. The molecule has 106 valence electrons. The molecule has 4 aliphatic rings. The van der Waals surface area contributed by atoms with Crippen LogP contribution in [0.15, 0.2) is 12.1 Å². The maximum atomic E-state index is 6.45. The predicted octanol–water partition coefficient (Wildman–Crippen LogP) is 4.47. The molecule has 2 bridgehead atoms. The second-order valence-corrected chi connectivity index (χ2v) is 9.11. The van der Waals surface area contributed by atoms with Gasteiger partial charge in [0.15, 0.2) is 11.5 Å². The summed E-state index contributed by atoms with van der Waals surface area (Å²) in [4.78, 5) is 0. The second kappa shape index (κ2) is 4.40. The number of ether oxygens (including phenoxy) is 2. The minimum atomic E-state index is 0.320. The van der Waals surface area contributed by atoms with Crippen LogP contribution in [-0.2, 0) is 0 Å². The lowest BCUT2D eigenvalue weighted by Crippen LogP contribution is -2.49. The van der Waals surface area contributed by atoms with Crippen LogP contribution in [0.5, 0.6) is 11.5 Å². The Labute approximate surface area is 146 Å². The Morgan fingerprint density at radius 2 is 1.60 bits per heavy atom. The van der Waals surface area contributed by atoms with Gasteiger partial charge in [-0.05, 0) is 88.4 Å². The molecule has 3 aliphatic carbocycles. The first-order valence-electron chi connectivity index (χ1n) is 7.55. The van der Waals surface area contributed by atoms with E-state index in [0.717, 1.165) is 35.2 Å². The van der Waals surface area contributed by atoms with E-state index in [-0.39, 0.29) is 0 Å². The molecule has 3 fully saturated rings. The van der Waals surface area contributed by atoms with Gasteiger partial charge in [0.05, 0.1) is 3.57 Å². The van der Waals surface area contributed by atoms with Crippen molar-refractivity contribution in [2.24, 2.45) is 23.7 Å². The summed E-state index contributed by atoms with van der Waals surface area (Å²) >= 11 is 4.73. The van der Waals surface area contributed by atoms with E-state index in [0.29, 0.717) is 12.2 Å². The first-order chi connectivity index (χ1) is 9.72. The monoisotopic (exact) mass is 494 g/mol. The molecule has 1 aliphatic heterocycles. The molecular formula is C16H16I2O2. The Hall–Kier alpha value is 0.280. The van der Waals surface area contributed by atoms with Gasteiger partial charge in [-0.25, -0.2) is 0 Å². The largest absolute Gasteiger partial charge is 0.482 e. The minimum absolute atomic E-state index is 0.320. The van der Waals surface area contributed by atoms with Crippen LogP contribution in [0.3, 0.4) is 0 Å². The standard InChI is InChI=1S/C16H16I2O2/c17-7-4-12(18)16-13(5-7)19-14-10-6-11(15(14)20-16)9-3-1-2-8(9)10/h4-5,8-11,14-15H,1-3,6H2. The molecule has 6 atom stereocenters. The summed E-state index contributed by atoms with van der Waals surface area (Å²) in [5.74, 6) is 5.32. The quantitative estimate of drug-likeness (QED) is 0.496. The third-order valence-corrected chi connectivity index (χ3v) is 7.35. The lowest BCUT2D eigenvalue weighted by atomic mass is 9.78. The van der Waals surface area contributed by atoms with Crippen molar-refractivity contribution in [3.63, 3.8) is 0 Å². The molecule has 1 heterocycles. The van der Waals surface area contributed by atoms with Crippen LogP contribution in [0.2, 0.25) is 0 Å². The number of hydrogen-bond acceptors (Lipinski definition) is 2. The highest BCUT2D eigenvalue weighted by atomic mass is 127. The van der Waals surface area contributed by atoms with Crippen molar-refractivity contribution in [1.29, 1.82) is 0 Å². The van der Waals surface area contributed by atoms with Crippen molar-refractivity contribution in [2.75, 3.05) is 0 Å². The molecule has 0 saturated heterocycles. The van der Waals surface area contributed by atoms with Gasteiger partial charge < -0.3 is 9.47 Å². The van der Waals surface area contributed by atoms with Gasteiger partial charge in [0, 0.05) is 15.4 Å². The highest BCUT2D eigenvalue weighted by Gasteiger charge is 2.62. The van der Waals surface area contributed by atoms with E-state index in [1.54, 1.807) is 0 Å². The third kappa shape index (κ3) is 1.61. The molecule has 0 aromatic heterocycles. The summed E-state index contributed by atoms with van der Waals surface area (Å²) in [6.45, 7) is 0. The Kier molecular flexibility index (Phi) is 2.81. The summed E-state index contributed by atoms with van der Waals surface area (Å²) in [5.41, 5.74) is 0. The minimum Gasteiger partial charge on any atom is -0.482 e. The summed E-state index contributed by atoms with van der Waals surface area (Å²) in [6.07, 6.45) is 6.25. The van der Waals surface area contributed by atoms with Crippen molar-refractivity contribution in [1.82, 2.24) is 0 Å². The van der Waals surface area contributed by atoms with E-state index in [2.05, 4.69) is 57.3 Å². The molecule has 0 radical (unpaired) electrons. The zero-order valence-electron chi connectivity index (χ0n) is 11.0. The Morgan fingerprint density at radius 3 is 2.35 bits per heavy atom. The highest BCUT2D eigenvalue weighted by Crippen LogP contribution is 2.62. The fraction of sp³-hybridized carbons (Fsp3) is 0.625. The predicted molar refractivity (Wildman–Crippen MR) is 93.1 cm³/mol. The van der Waals surface area contributed by atoms with E-state index in [1.807, 2.05) is 0 Å². The van der Waals surface area contributed by atoms with Crippen molar-refractivity contribution in [3.05, 3.63) is 19.3 Å². The van der Waals surface area contributed by atoms with E-state index < -0.39 is 0 Å². The normalized spacial score (nSPS) is 43.5. The molecule has 1 aromatic rings. The molecule has 5 rings (SSSR count). The van der Waals surface area contributed by atoms with Gasteiger partial charge in [0.25, 0.3) is 0 Å². The number of rotatable bonds is 0. The molecule has 0 N–H and O–H groups in total. The fourth-order valence-corrected chi connectivity index (χ4v) is 7.24. The lowest BCUT2D eigenvalue weighted by Gasteiger charge is -2.41. The van der Waals surface area contributed by atoms with Gasteiger partial charge in [-0.15, -0.1) is 0 Å². The third-order valence-electron chi connectivity index (χ3n) is 5.93. The average molecular weight is 494 g/mol. The molecule has 0 spiro atoms. The van der Waals surface area contributed by atoms with E-state index >= 15 is 0 Å². The molecule has 1 aromatic carbocycles. The molecule has 20 heavy (non-hydrogen) atoms. The fourth-order valence-electron chi connectivity index (χ4n) is 5.32. The van der Waals surface area contributed by atoms with Crippen LogP contribution in [0.4, 0.5) is 0 Å². The van der Waals surface area contributed by atoms with Crippen LogP contribution < -0.4 is 9.47 Å². The van der Waals surface area contributed by atoms with Gasteiger partial charge >= 0.3 is 0 Å². The van der Waals surface area contributed by atoms with Crippen LogP contribution >= 0.6 is 45.2 Å².